The molecule has 3 N–H and O–H groups in total. The highest BCUT2D eigenvalue weighted by molar-refractivity contribution is 6.01. The molecule has 150 valence electrons. The van der Waals surface area contributed by atoms with E-state index in [1.807, 2.05) is 32.3 Å². The van der Waals surface area contributed by atoms with Gasteiger partial charge in [-0.1, -0.05) is 18.2 Å². The van der Waals surface area contributed by atoms with Crippen LogP contribution in [0.5, 0.6) is 5.75 Å². The number of ether oxygens (including phenoxy) is 1. The highest BCUT2D eigenvalue weighted by atomic mass is 16.5. The molecule has 28 heavy (non-hydrogen) atoms. The monoisotopic (exact) mass is 384 g/mol. The maximum absolute atomic E-state index is 12.4. The molecule has 3 amide bonds. The van der Waals surface area contributed by atoms with Crippen LogP contribution in [0.2, 0.25) is 0 Å². The van der Waals surface area contributed by atoms with Gasteiger partial charge in [0.1, 0.15) is 5.75 Å². The number of carbonyl (C=O) groups is 2. The lowest BCUT2D eigenvalue weighted by Crippen LogP contribution is -2.26. The van der Waals surface area contributed by atoms with Gasteiger partial charge in [0.2, 0.25) is 0 Å². The first-order valence-electron chi connectivity index (χ1n) is 9.23. The molecule has 0 aliphatic carbocycles. The van der Waals surface area contributed by atoms with E-state index in [-0.39, 0.29) is 11.9 Å². The third-order valence-corrected chi connectivity index (χ3v) is 4.05. The zero-order chi connectivity index (χ0) is 20.4. The van der Waals surface area contributed by atoms with Gasteiger partial charge in [0.15, 0.2) is 0 Å². The average Bonchev–Trinajstić information content (AvgIpc) is 2.67. The fourth-order valence-electron chi connectivity index (χ4n) is 2.62. The van der Waals surface area contributed by atoms with Crippen molar-refractivity contribution in [2.75, 3.05) is 44.9 Å². The molecule has 0 aromatic heterocycles. The molecule has 0 radical (unpaired) electrons. The van der Waals surface area contributed by atoms with Crippen LogP contribution in [0, 0.1) is 0 Å². The average molecular weight is 384 g/mol. The standard InChI is InChI=1S/C21H28N4O3/c1-25(2)14-8-7-13-22-20(26)18-12-11-17(15-19(18)28-3)24-21(27)23-16-9-5-4-6-10-16/h4-6,9-12,15H,7-8,13-14H2,1-3H3,(H,22,26)(H2,23,24,27). The lowest BCUT2D eigenvalue weighted by molar-refractivity contribution is 0.0950. The summed E-state index contributed by atoms with van der Waals surface area (Å²) in [5.41, 5.74) is 1.66. The van der Waals surface area contributed by atoms with E-state index in [0.29, 0.717) is 29.2 Å². The number of anilines is 2. The number of unbranched alkanes of at least 4 members (excludes halogenated alkanes) is 1. The van der Waals surface area contributed by atoms with Gasteiger partial charge in [-0.15, -0.1) is 0 Å². The van der Waals surface area contributed by atoms with Crippen LogP contribution in [0.25, 0.3) is 0 Å². The molecular formula is C21H28N4O3. The molecule has 0 spiro atoms. The highest BCUT2D eigenvalue weighted by Crippen LogP contribution is 2.23. The first kappa shape index (κ1) is 21.2. The number of nitrogens with one attached hydrogen (secondary N) is 3. The molecule has 0 aliphatic heterocycles. The van der Waals surface area contributed by atoms with Gasteiger partial charge in [0.25, 0.3) is 5.91 Å². The Morgan fingerprint density at radius 3 is 2.36 bits per heavy atom. The second-order valence-electron chi connectivity index (χ2n) is 6.63. The number of benzene rings is 2. The van der Waals surface area contributed by atoms with Crippen molar-refractivity contribution in [3.8, 4) is 5.75 Å². The number of para-hydroxylation sites is 1. The van der Waals surface area contributed by atoms with Gasteiger partial charge in [-0.05, 0) is 57.7 Å². The van der Waals surface area contributed by atoms with Crippen molar-refractivity contribution in [3.63, 3.8) is 0 Å². The number of hydrogen-bond donors (Lipinski definition) is 3. The Kier molecular flexibility index (Phi) is 8.30. The number of hydrogen-bond acceptors (Lipinski definition) is 4. The molecule has 0 fully saturated rings. The summed E-state index contributed by atoms with van der Waals surface area (Å²) in [6.45, 7) is 1.60. The summed E-state index contributed by atoms with van der Waals surface area (Å²) < 4.78 is 5.33. The first-order valence-corrected chi connectivity index (χ1v) is 9.23. The molecule has 7 nitrogen and oxygen atoms in total. The van der Waals surface area contributed by atoms with Crippen LogP contribution < -0.4 is 20.7 Å². The molecule has 7 heteroatoms. The molecule has 0 bridgehead atoms. The summed E-state index contributed by atoms with van der Waals surface area (Å²) in [4.78, 5) is 26.6. The number of amides is 3. The Labute approximate surface area is 166 Å². The summed E-state index contributed by atoms with van der Waals surface area (Å²) in [5, 5.41) is 8.38. The molecule has 0 unspecified atom stereocenters. The lowest BCUT2D eigenvalue weighted by Gasteiger charge is -2.13. The highest BCUT2D eigenvalue weighted by Gasteiger charge is 2.13. The predicted octanol–water partition coefficient (Wildman–Crippen LogP) is 3.41. The van der Waals surface area contributed by atoms with E-state index in [1.165, 1.54) is 7.11 Å². The first-order chi connectivity index (χ1) is 13.5. The van der Waals surface area contributed by atoms with Gasteiger partial charge in [0.05, 0.1) is 12.7 Å². The van der Waals surface area contributed by atoms with Crippen molar-refractivity contribution in [1.82, 2.24) is 10.2 Å². The summed E-state index contributed by atoms with van der Waals surface area (Å²) in [6.07, 6.45) is 1.93. The third-order valence-electron chi connectivity index (χ3n) is 4.05. The smallest absolute Gasteiger partial charge is 0.323 e. The van der Waals surface area contributed by atoms with Gasteiger partial charge < -0.3 is 25.6 Å². The maximum Gasteiger partial charge on any atom is 0.323 e. The van der Waals surface area contributed by atoms with Gasteiger partial charge in [0, 0.05) is 24.0 Å². The van der Waals surface area contributed by atoms with Crippen molar-refractivity contribution in [2.24, 2.45) is 0 Å². The van der Waals surface area contributed by atoms with Gasteiger partial charge in [-0.3, -0.25) is 4.79 Å². The van der Waals surface area contributed by atoms with Gasteiger partial charge in [-0.25, -0.2) is 4.79 Å². The molecule has 0 saturated heterocycles. The molecule has 0 aliphatic rings. The van der Waals surface area contributed by atoms with E-state index in [4.69, 9.17) is 4.74 Å². The van der Waals surface area contributed by atoms with Gasteiger partial charge in [-0.2, -0.15) is 0 Å². The molecule has 0 saturated carbocycles. The van der Waals surface area contributed by atoms with Crippen molar-refractivity contribution < 1.29 is 14.3 Å². The summed E-state index contributed by atoms with van der Waals surface area (Å²) in [7, 11) is 5.55. The van der Waals surface area contributed by atoms with Crippen LogP contribution in [-0.4, -0.2) is 51.1 Å². The van der Waals surface area contributed by atoms with E-state index >= 15 is 0 Å². The maximum atomic E-state index is 12.4. The Bertz CT molecular complexity index is 778. The predicted molar refractivity (Wildman–Crippen MR) is 112 cm³/mol. The normalized spacial score (nSPS) is 10.4. The summed E-state index contributed by atoms with van der Waals surface area (Å²) in [5.74, 6) is 0.213. The number of methoxy groups -OCH3 is 1. The topological polar surface area (TPSA) is 82.7 Å². The van der Waals surface area contributed by atoms with E-state index in [2.05, 4.69) is 20.9 Å². The lowest BCUT2D eigenvalue weighted by atomic mass is 10.1. The van der Waals surface area contributed by atoms with Crippen molar-refractivity contribution >= 4 is 23.3 Å². The van der Waals surface area contributed by atoms with E-state index in [1.54, 1.807) is 30.3 Å². The second-order valence-corrected chi connectivity index (χ2v) is 6.63. The number of urea groups is 1. The van der Waals surface area contributed by atoms with Crippen LogP contribution in [0.1, 0.15) is 23.2 Å². The minimum absolute atomic E-state index is 0.193. The Hall–Kier alpha value is -3.06. The van der Waals surface area contributed by atoms with E-state index in [0.717, 1.165) is 19.4 Å². The second kappa shape index (κ2) is 10.9. The zero-order valence-electron chi connectivity index (χ0n) is 16.6. The molecule has 2 rings (SSSR count). The molecular weight excluding hydrogens is 356 g/mol. The fraction of sp³-hybridized carbons (Fsp3) is 0.333. The van der Waals surface area contributed by atoms with Crippen molar-refractivity contribution in [2.45, 2.75) is 12.8 Å². The molecule has 0 heterocycles. The number of rotatable bonds is 9. The Morgan fingerprint density at radius 1 is 0.964 bits per heavy atom. The molecule has 2 aromatic rings. The summed E-state index contributed by atoms with van der Waals surface area (Å²) in [6, 6.07) is 13.7. The number of nitrogens with zero attached hydrogens (tertiary/aromatic N) is 1. The largest absolute Gasteiger partial charge is 0.496 e. The van der Waals surface area contributed by atoms with Crippen molar-refractivity contribution in [1.29, 1.82) is 0 Å². The van der Waals surface area contributed by atoms with Crippen LogP contribution in [-0.2, 0) is 0 Å². The third kappa shape index (κ3) is 6.92. The fourth-order valence-corrected chi connectivity index (χ4v) is 2.62. The van der Waals surface area contributed by atoms with Gasteiger partial charge >= 0.3 is 6.03 Å². The molecule has 2 aromatic carbocycles. The van der Waals surface area contributed by atoms with Crippen LogP contribution in [0.15, 0.2) is 48.5 Å². The van der Waals surface area contributed by atoms with Crippen LogP contribution in [0.3, 0.4) is 0 Å². The quantitative estimate of drug-likeness (QED) is 0.579. The van der Waals surface area contributed by atoms with E-state index < -0.39 is 0 Å². The number of carbonyl (C=O) groups excluding carboxylic acids is 2. The zero-order valence-corrected chi connectivity index (χ0v) is 16.6. The van der Waals surface area contributed by atoms with Crippen LogP contribution in [0.4, 0.5) is 16.2 Å². The molecule has 0 atom stereocenters. The Balaban J connectivity index is 1.91. The SMILES string of the molecule is COc1cc(NC(=O)Nc2ccccc2)ccc1C(=O)NCCCCN(C)C. The van der Waals surface area contributed by atoms with Crippen LogP contribution >= 0.6 is 0 Å². The summed E-state index contributed by atoms with van der Waals surface area (Å²) >= 11 is 0. The minimum Gasteiger partial charge on any atom is -0.496 e. The van der Waals surface area contributed by atoms with Crippen molar-refractivity contribution in [3.05, 3.63) is 54.1 Å². The Morgan fingerprint density at radius 2 is 1.68 bits per heavy atom. The minimum atomic E-state index is -0.369. The van der Waals surface area contributed by atoms with E-state index in [9.17, 15) is 9.59 Å².